The Labute approximate surface area is 223 Å². The Morgan fingerprint density at radius 1 is 0.973 bits per heavy atom. The van der Waals surface area contributed by atoms with Crippen molar-refractivity contribution in [3.8, 4) is 16.9 Å². The van der Waals surface area contributed by atoms with Crippen LogP contribution in [0.2, 0.25) is 10.0 Å². The van der Waals surface area contributed by atoms with Crippen molar-refractivity contribution in [1.82, 2.24) is 14.7 Å². The van der Waals surface area contributed by atoms with Crippen LogP contribution in [-0.4, -0.2) is 39.2 Å². The minimum absolute atomic E-state index is 0.232. The third-order valence-corrected chi connectivity index (χ3v) is 6.04. The SMILES string of the molecule is CC(C)N(CC(=O)Nc1cc(-c2ccccc2)nn1-c1ccc(F)cc1)C(=O)Nc1ccc(Cl)cc1Cl. The van der Waals surface area contributed by atoms with Gasteiger partial charge in [0, 0.05) is 22.7 Å². The van der Waals surface area contributed by atoms with Crippen LogP contribution >= 0.6 is 23.2 Å². The fraction of sp³-hybridized carbons (Fsp3) is 0.148. The maximum atomic E-state index is 13.5. The number of carbonyl (C=O) groups excluding carboxylic acids is 2. The van der Waals surface area contributed by atoms with Gasteiger partial charge in [-0.05, 0) is 56.3 Å². The van der Waals surface area contributed by atoms with Crippen LogP contribution in [0.25, 0.3) is 16.9 Å². The molecule has 10 heteroatoms. The molecule has 0 aliphatic heterocycles. The van der Waals surface area contributed by atoms with E-state index in [1.54, 1.807) is 44.2 Å². The Morgan fingerprint density at radius 3 is 2.32 bits per heavy atom. The maximum absolute atomic E-state index is 13.5. The first-order valence-electron chi connectivity index (χ1n) is 11.4. The number of nitrogens with one attached hydrogen (secondary N) is 2. The van der Waals surface area contributed by atoms with Crippen molar-refractivity contribution in [2.45, 2.75) is 19.9 Å². The summed E-state index contributed by atoms with van der Waals surface area (Å²) in [5.41, 5.74) is 2.41. The molecule has 0 aliphatic rings. The molecule has 1 heterocycles. The number of carbonyl (C=O) groups is 2. The number of hydrogen-bond donors (Lipinski definition) is 2. The van der Waals surface area contributed by atoms with Crippen LogP contribution in [0.4, 0.5) is 20.7 Å². The van der Waals surface area contributed by atoms with Crippen molar-refractivity contribution in [1.29, 1.82) is 0 Å². The minimum atomic E-state index is -0.494. The van der Waals surface area contributed by atoms with Crippen LogP contribution in [0.1, 0.15) is 13.8 Å². The van der Waals surface area contributed by atoms with Gasteiger partial charge in [-0.3, -0.25) is 4.79 Å². The molecule has 2 N–H and O–H groups in total. The molecule has 7 nitrogen and oxygen atoms in total. The van der Waals surface area contributed by atoms with Gasteiger partial charge >= 0.3 is 6.03 Å². The van der Waals surface area contributed by atoms with Crippen molar-refractivity contribution in [3.63, 3.8) is 0 Å². The van der Waals surface area contributed by atoms with E-state index < -0.39 is 11.9 Å². The zero-order valence-corrected chi connectivity index (χ0v) is 21.6. The van der Waals surface area contributed by atoms with Gasteiger partial charge in [-0.25, -0.2) is 13.9 Å². The second-order valence-electron chi connectivity index (χ2n) is 8.49. The molecule has 4 rings (SSSR count). The average Bonchev–Trinajstić information content (AvgIpc) is 3.28. The number of nitrogens with zero attached hydrogens (tertiary/aromatic N) is 3. The van der Waals surface area contributed by atoms with Gasteiger partial charge in [-0.15, -0.1) is 0 Å². The number of benzene rings is 3. The molecule has 0 saturated heterocycles. The minimum Gasteiger partial charge on any atom is -0.313 e. The van der Waals surface area contributed by atoms with Crippen LogP contribution in [-0.2, 0) is 4.79 Å². The molecule has 0 atom stereocenters. The lowest BCUT2D eigenvalue weighted by molar-refractivity contribution is -0.117. The molecule has 0 bridgehead atoms. The summed E-state index contributed by atoms with van der Waals surface area (Å²) in [6, 6.07) is 20.9. The summed E-state index contributed by atoms with van der Waals surface area (Å²) in [4.78, 5) is 27.5. The molecule has 0 unspecified atom stereocenters. The topological polar surface area (TPSA) is 79.3 Å². The molecular weight excluding hydrogens is 516 g/mol. The van der Waals surface area contributed by atoms with E-state index in [1.807, 2.05) is 30.3 Å². The standard InChI is InChI=1S/C27H24Cl2FN5O2/c1-17(2)34(27(37)31-23-13-8-19(28)14-22(23)29)16-26(36)32-25-15-24(18-6-4-3-5-7-18)33-35(25)21-11-9-20(30)10-12-21/h3-15,17H,16H2,1-2H3,(H,31,37)(H,32,36). The molecule has 3 amide bonds. The molecule has 0 fully saturated rings. The van der Waals surface area contributed by atoms with Gasteiger partial charge in [0.2, 0.25) is 5.91 Å². The van der Waals surface area contributed by atoms with Gasteiger partial charge in [0.25, 0.3) is 0 Å². The number of aromatic nitrogens is 2. The van der Waals surface area contributed by atoms with Crippen molar-refractivity contribution in [3.05, 3.63) is 94.7 Å². The van der Waals surface area contributed by atoms with Gasteiger partial charge in [0.05, 0.1) is 22.1 Å². The lowest BCUT2D eigenvalue weighted by atomic mass is 10.1. The van der Waals surface area contributed by atoms with Crippen LogP contribution in [0, 0.1) is 5.82 Å². The lowest BCUT2D eigenvalue weighted by Gasteiger charge is -2.26. The first-order valence-corrected chi connectivity index (χ1v) is 12.2. The molecular formula is C27H24Cl2FN5O2. The second-order valence-corrected chi connectivity index (χ2v) is 9.34. The van der Waals surface area contributed by atoms with Crippen LogP contribution in [0.15, 0.2) is 78.9 Å². The number of amides is 3. The summed E-state index contributed by atoms with van der Waals surface area (Å²) < 4.78 is 15.0. The Morgan fingerprint density at radius 2 is 1.68 bits per heavy atom. The van der Waals surface area contributed by atoms with Crippen molar-refractivity contribution < 1.29 is 14.0 Å². The monoisotopic (exact) mass is 539 g/mol. The largest absolute Gasteiger partial charge is 0.322 e. The van der Waals surface area contributed by atoms with Gasteiger partial charge < -0.3 is 15.5 Å². The molecule has 3 aromatic carbocycles. The number of anilines is 2. The molecule has 0 radical (unpaired) electrons. The predicted molar refractivity (Wildman–Crippen MR) is 145 cm³/mol. The lowest BCUT2D eigenvalue weighted by Crippen LogP contribution is -2.44. The fourth-order valence-corrected chi connectivity index (χ4v) is 4.06. The molecule has 1 aromatic heterocycles. The van der Waals surface area contributed by atoms with Crippen LogP contribution in [0.3, 0.4) is 0 Å². The molecule has 0 saturated carbocycles. The smallest absolute Gasteiger partial charge is 0.313 e. The third kappa shape index (κ3) is 6.47. The number of halogens is 3. The summed E-state index contributed by atoms with van der Waals surface area (Å²) in [6.07, 6.45) is 0. The highest BCUT2D eigenvalue weighted by molar-refractivity contribution is 6.36. The average molecular weight is 540 g/mol. The molecule has 0 aliphatic carbocycles. The number of urea groups is 1. The van der Waals surface area contributed by atoms with Gasteiger partial charge in [0.15, 0.2) is 0 Å². The Kier molecular flexibility index (Phi) is 8.11. The molecule has 37 heavy (non-hydrogen) atoms. The second kappa shape index (κ2) is 11.5. The van der Waals surface area contributed by atoms with E-state index in [9.17, 15) is 14.0 Å². The van der Waals surface area contributed by atoms with Crippen molar-refractivity contribution in [2.24, 2.45) is 0 Å². The highest BCUT2D eigenvalue weighted by Crippen LogP contribution is 2.27. The Bertz CT molecular complexity index is 1410. The van der Waals surface area contributed by atoms with E-state index in [0.29, 0.717) is 27.9 Å². The molecule has 4 aromatic rings. The van der Waals surface area contributed by atoms with E-state index in [1.165, 1.54) is 27.8 Å². The Balaban J connectivity index is 1.56. The van der Waals surface area contributed by atoms with Crippen molar-refractivity contribution in [2.75, 3.05) is 17.2 Å². The quantitative estimate of drug-likeness (QED) is 0.269. The van der Waals surface area contributed by atoms with Crippen LogP contribution < -0.4 is 10.6 Å². The summed E-state index contributed by atoms with van der Waals surface area (Å²) in [5, 5.41) is 10.9. The summed E-state index contributed by atoms with van der Waals surface area (Å²) in [7, 11) is 0. The van der Waals surface area contributed by atoms with E-state index >= 15 is 0 Å². The number of hydrogen-bond acceptors (Lipinski definition) is 3. The number of rotatable bonds is 7. The molecule has 190 valence electrons. The van der Waals surface area contributed by atoms with Gasteiger partial charge in [0.1, 0.15) is 18.2 Å². The van der Waals surface area contributed by atoms with E-state index in [0.717, 1.165) is 5.56 Å². The first-order chi connectivity index (χ1) is 17.7. The summed E-state index contributed by atoms with van der Waals surface area (Å²) >= 11 is 12.1. The Hall–Kier alpha value is -3.88. The first kappa shape index (κ1) is 26.2. The van der Waals surface area contributed by atoms with E-state index in [-0.39, 0.29) is 23.4 Å². The van der Waals surface area contributed by atoms with Crippen LogP contribution in [0.5, 0.6) is 0 Å². The predicted octanol–water partition coefficient (Wildman–Crippen LogP) is 6.87. The highest BCUT2D eigenvalue weighted by atomic mass is 35.5. The third-order valence-electron chi connectivity index (χ3n) is 5.49. The van der Waals surface area contributed by atoms with Crippen molar-refractivity contribution >= 4 is 46.6 Å². The van der Waals surface area contributed by atoms with Gasteiger partial charge in [-0.2, -0.15) is 5.10 Å². The zero-order chi connectivity index (χ0) is 26.5. The van der Waals surface area contributed by atoms with E-state index in [4.69, 9.17) is 23.2 Å². The highest BCUT2D eigenvalue weighted by Gasteiger charge is 2.22. The zero-order valence-electron chi connectivity index (χ0n) is 20.1. The summed E-state index contributed by atoms with van der Waals surface area (Å²) in [5.74, 6) is -0.446. The molecule has 0 spiro atoms. The normalized spacial score (nSPS) is 10.9. The fourth-order valence-electron chi connectivity index (χ4n) is 3.60. The van der Waals surface area contributed by atoms with E-state index in [2.05, 4.69) is 15.7 Å². The van der Waals surface area contributed by atoms with Gasteiger partial charge in [-0.1, -0.05) is 53.5 Å². The summed E-state index contributed by atoms with van der Waals surface area (Å²) in [6.45, 7) is 3.36. The maximum Gasteiger partial charge on any atom is 0.322 e.